The van der Waals surface area contributed by atoms with E-state index in [1.807, 2.05) is 30.0 Å². The van der Waals surface area contributed by atoms with E-state index in [1.54, 1.807) is 43.5 Å². The monoisotopic (exact) mass is 514 g/mol. The molecule has 1 saturated heterocycles. The van der Waals surface area contributed by atoms with Gasteiger partial charge in [-0.2, -0.15) is 5.26 Å². The number of amides is 2. The average Bonchev–Trinajstić information content (AvgIpc) is 2.93. The zero-order chi connectivity index (χ0) is 27.1. The van der Waals surface area contributed by atoms with Gasteiger partial charge in [-0.25, -0.2) is 9.37 Å². The van der Waals surface area contributed by atoms with Crippen LogP contribution in [0, 0.1) is 17.1 Å². The summed E-state index contributed by atoms with van der Waals surface area (Å²) < 4.78 is 14.0. The van der Waals surface area contributed by atoms with Gasteiger partial charge in [0.25, 0.3) is 0 Å². The molecule has 2 atom stereocenters. The molecule has 0 spiro atoms. The Bertz CT molecular complexity index is 1300. The average molecular weight is 515 g/mol. The van der Waals surface area contributed by atoms with Crippen molar-refractivity contribution in [2.45, 2.75) is 25.8 Å². The molecule has 38 heavy (non-hydrogen) atoms. The number of nitrogens with zero attached hydrogens (tertiary/aromatic N) is 4. The van der Waals surface area contributed by atoms with Gasteiger partial charge in [0, 0.05) is 39.6 Å². The smallest absolute Gasteiger partial charge is 0.247 e. The van der Waals surface area contributed by atoms with E-state index in [0.29, 0.717) is 36.6 Å². The minimum atomic E-state index is -0.798. The summed E-state index contributed by atoms with van der Waals surface area (Å²) in [7, 11) is 0. The zero-order valence-electron chi connectivity index (χ0n) is 21.5. The molecule has 0 radical (unpaired) electrons. The lowest BCUT2D eigenvalue weighted by atomic mass is 9.98. The van der Waals surface area contributed by atoms with E-state index in [2.05, 4.69) is 26.6 Å². The maximum atomic E-state index is 14.0. The van der Waals surface area contributed by atoms with Crippen LogP contribution >= 0.6 is 0 Å². The summed E-state index contributed by atoms with van der Waals surface area (Å²) in [6.45, 7) is 6.82. The highest BCUT2D eigenvalue weighted by Crippen LogP contribution is 2.22. The van der Waals surface area contributed by atoms with Crippen molar-refractivity contribution < 1.29 is 14.0 Å². The predicted octanol–water partition coefficient (Wildman–Crippen LogP) is 3.83. The Labute approximate surface area is 222 Å². The standard InChI is InChI=1S/C29H31FN6O2/c1-20(23-8-6-22(17-31)7-9-23)18-33-28(24-4-3-5-25(30)16-24)29(38)34-27-11-10-26(19-32-27)36-14-12-35(13-15-36)21(2)37/h3-11,16,19-20,28,33H,12-15,18H2,1-2H3,(H,32,34,38)/t20?,28-/m0/s1. The molecule has 9 heteroatoms. The molecule has 3 aromatic rings. The Morgan fingerprint density at radius 3 is 2.39 bits per heavy atom. The maximum Gasteiger partial charge on any atom is 0.247 e. The minimum absolute atomic E-state index is 0.0486. The second-order valence-corrected chi connectivity index (χ2v) is 9.42. The molecular weight excluding hydrogens is 483 g/mol. The number of hydrogen-bond donors (Lipinski definition) is 2. The highest BCUT2D eigenvalue weighted by molar-refractivity contribution is 5.94. The van der Waals surface area contributed by atoms with E-state index in [9.17, 15) is 14.0 Å². The van der Waals surface area contributed by atoms with Crippen LogP contribution < -0.4 is 15.5 Å². The number of nitriles is 1. The first-order valence-corrected chi connectivity index (χ1v) is 12.6. The van der Waals surface area contributed by atoms with Crippen LogP contribution in [-0.4, -0.2) is 54.4 Å². The predicted molar refractivity (Wildman–Crippen MR) is 144 cm³/mol. The second-order valence-electron chi connectivity index (χ2n) is 9.42. The third kappa shape index (κ3) is 6.72. The van der Waals surface area contributed by atoms with Crippen LogP contribution in [-0.2, 0) is 9.59 Å². The lowest BCUT2D eigenvalue weighted by Crippen LogP contribution is -2.48. The van der Waals surface area contributed by atoms with Crippen molar-refractivity contribution in [2.24, 2.45) is 0 Å². The van der Waals surface area contributed by atoms with Crippen LogP contribution in [0.15, 0.2) is 66.9 Å². The zero-order valence-corrected chi connectivity index (χ0v) is 21.5. The quantitative estimate of drug-likeness (QED) is 0.474. The Hall–Kier alpha value is -4.29. The van der Waals surface area contributed by atoms with Gasteiger partial charge >= 0.3 is 0 Å². The highest BCUT2D eigenvalue weighted by atomic mass is 19.1. The molecule has 0 bridgehead atoms. The number of anilines is 2. The van der Waals surface area contributed by atoms with Gasteiger partial charge in [0.15, 0.2) is 0 Å². The van der Waals surface area contributed by atoms with E-state index < -0.39 is 11.9 Å². The first-order chi connectivity index (χ1) is 18.3. The number of carbonyl (C=O) groups is 2. The topological polar surface area (TPSA) is 101 Å². The first-order valence-electron chi connectivity index (χ1n) is 12.6. The number of aromatic nitrogens is 1. The van der Waals surface area contributed by atoms with Crippen LogP contribution in [0.5, 0.6) is 0 Å². The van der Waals surface area contributed by atoms with E-state index >= 15 is 0 Å². The summed E-state index contributed by atoms with van der Waals surface area (Å²) in [6.07, 6.45) is 1.70. The summed E-state index contributed by atoms with van der Waals surface area (Å²) in [5, 5.41) is 15.1. The Morgan fingerprint density at radius 1 is 1.05 bits per heavy atom. The number of halogens is 1. The fourth-order valence-electron chi connectivity index (χ4n) is 4.47. The van der Waals surface area contributed by atoms with Crippen LogP contribution in [0.1, 0.15) is 42.5 Å². The number of piperazine rings is 1. The molecule has 196 valence electrons. The molecule has 0 saturated carbocycles. The van der Waals surface area contributed by atoms with Crippen molar-refractivity contribution in [3.63, 3.8) is 0 Å². The molecular formula is C29H31FN6O2. The van der Waals surface area contributed by atoms with Gasteiger partial charge in [-0.05, 0) is 53.4 Å². The number of nitrogens with one attached hydrogen (secondary N) is 2. The van der Waals surface area contributed by atoms with Crippen molar-refractivity contribution in [2.75, 3.05) is 42.9 Å². The van der Waals surface area contributed by atoms with Crippen molar-refractivity contribution >= 4 is 23.3 Å². The highest BCUT2D eigenvalue weighted by Gasteiger charge is 2.23. The van der Waals surface area contributed by atoms with Crippen molar-refractivity contribution in [1.29, 1.82) is 5.26 Å². The van der Waals surface area contributed by atoms with Gasteiger partial charge in [0.2, 0.25) is 11.8 Å². The van der Waals surface area contributed by atoms with Crippen LogP contribution in [0.2, 0.25) is 0 Å². The summed E-state index contributed by atoms with van der Waals surface area (Å²) in [5.74, 6) is -0.252. The first kappa shape index (κ1) is 26.8. The third-order valence-electron chi connectivity index (χ3n) is 6.77. The normalized spacial score (nSPS) is 14.9. The largest absolute Gasteiger partial charge is 0.367 e. The molecule has 1 fully saturated rings. The Balaban J connectivity index is 1.42. The minimum Gasteiger partial charge on any atom is -0.367 e. The lowest BCUT2D eigenvalue weighted by Gasteiger charge is -2.35. The summed E-state index contributed by atoms with van der Waals surface area (Å²) in [6, 6.07) is 18.2. The van der Waals surface area contributed by atoms with Crippen molar-refractivity contribution in [3.05, 3.63) is 89.4 Å². The summed E-state index contributed by atoms with van der Waals surface area (Å²) >= 11 is 0. The number of rotatable bonds is 8. The fraction of sp³-hybridized carbons (Fsp3) is 0.310. The van der Waals surface area contributed by atoms with Crippen LogP contribution in [0.4, 0.5) is 15.9 Å². The molecule has 1 unspecified atom stereocenters. The van der Waals surface area contributed by atoms with Gasteiger partial charge in [0.05, 0.1) is 23.5 Å². The second kappa shape index (κ2) is 12.3. The molecule has 2 N–H and O–H groups in total. The van der Waals surface area contributed by atoms with Gasteiger partial charge in [-0.3, -0.25) is 9.59 Å². The number of hydrogen-bond acceptors (Lipinski definition) is 6. The van der Waals surface area contributed by atoms with Crippen molar-refractivity contribution in [1.82, 2.24) is 15.2 Å². The molecule has 4 rings (SSSR count). The molecule has 2 aromatic carbocycles. The van der Waals surface area contributed by atoms with E-state index in [0.717, 1.165) is 24.3 Å². The Kier molecular flexibility index (Phi) is 8.66. The van der Waals surface area contributed by atoms with Crippen LogP contribution in [0.3, 0.4) is 0 Å². The maximum absolute atomic E-state index is 14.0. The SMILES string of the molecule is CC(=O)N1CCN(c2ccc(NC(=O)[C@@H](NCC(C)c3ccc(C#N)cc3)c3cccc(F)c3)nc2)CC1. The molecule has 1 aliphatic rings. The molecule has 2 heterocycles. The van der Waals surface area contributed by atoms with Gasteiger partial charge in [0.1, 0.15) is 17.7 Å². The molecule has 2 amide bonds. The van der Waals surface area contributed by atoms with Crippen LogP contribution in [0.25, 0.3) is 0 Å². The molecule has 1 aliphatic heterocycles. The fourth-order valence-corrected chi connectivity index (χ4v) is 4.47. The third-order valence-corrected chi connectivity index (χ3v) is 6.77. The summed E-state index contributed by atoms with van der Waals surface area (Å²) in [5.41, 5.74) is 3.04. The van der Waals surface area contributed by atoms with Crippen molar-refractivity contribution in [3.8, 4) is 6.07 Å². The lowest BCUT2D eigenvalue weighted by molar-refractivity contribution is -0.129. The Morgan fingerprint density at radius 2 is 1.79 bits per heavy atom. The molecule has 1 aromatic heterocycles. The van der Waals surface area contributed by atoms with Gasteiger partial charge in [-0.15, -0.1) is 0 Å². The van der Waals surface area contributed by atoms with Gasteiger partial charge < -0.3 is 20.4 Å². The molecule has 0 aliphatic carbocycles. The van der Waals surface area contributed by atoms with E-state index in [1.165, 1.54) is 12.1 Å². The van der Waals surface area contributed by atoms with E-state index in [4.69, 9.17) is 5.26 Å². The number of benzene rings is 2. The van der Waals surface area contributed by atoms with Gasteiger partial charge in [-0.1, -0.05) is 31.2 Å². The molecule has 8 nitrogen and oxygen atoms in total. The number of carbonyl (C=O) groups excluding carboxylic acids is 2. The number of pyridine rings is 1. The van der Waals surface area contributed by atoms with E-state index in [-0.39, 0.29) is 17.7 Å². The summed E-state index contributed by atoms with van der Waals surface area (Å²) in [4.78, 5) is 33.3.